The first-order chi connectivity index (χ1) is 30.3. The van der Waals surface area contributed by atoms with Crippen molar-refractivity contribution in [3.8, 4) is 11.4 Å². The average molecular weight is 894 g/mol. The third kappa shape index (κ3) is 9.86. The lowest BCUT2D eigenvalue weighted by atomic mass is 9.85. The van der Waals surface area contributed by atoms with Crippen molar-refractivity contribution in [2.24, 2.45) is 11.5 Å². The molecule has 3 aromatic carbocycles. The summed E-state index contributed by atoms with van der Waals surface area (Å²) in [5.41, 5.74) is 20.4. The summed E-state index contributed by atoms with van der Waals surface area (Å²) < 4.78 is 18.2. The summed E-state index contributed by atoms with van der Waals surface area (Å²) in [7, 11) is 0. The van der Waals surface area contributed by atoms with Crippen molar-refractivity contribution in [1.82, 2.24) is 20.2 Å². The van der Waals surface area contributed by atoms with Gasteiger partial charge in [-0.3, -0.25) is 19.2 Å². The summed E-state index contributed by atoms with van der Waals surface area (Å²) in [6.45, 7) is 3.24. The number of ether oxygens (including phenoxy) is 3. The molecule has 0 spiro atoms. The van der Waals surface area contributed by atoms with E-state index in [4.69, 9.17) is 36.4 Å². The van der Waals surface area contributed by atoms with Gasteiger partial charge in [-0.1, -0.05) is 55.5 Å². The van der Waals surface area contributed by atoms with Crippen LogP contribution >= 0.6 is 0 Å². The van der Waals surface area contributed by atoms with E-state index in [-0.39, 0.29) is 62.6 Å². The molecule has 2 aliphatic heterocycles. The molecule has 0 unspecified atom stereocenters. The van der Waals surface area contributed by atoms with Crippen LogP contribution in [0.1, 0.15) is 67.3 Å². The number of unbranched alkanes of at least 4 members (excludes halogenated alkanes) is 1. The monoisotopic (exact) mass is 893 g/mol. The summed E-state index contributed by atoms with van der Waals surface area (Å²) in [6.07, 6.45) is 0.421. The predicted octanol–water partition coefficient (Wildman–Crippen LogP) is 0.654. The molecule has 0 bridgehead atoms. The van der Waals surface area contributed by atoms with Gasteiger partial charge in [0.15, 0.2) is 0 Å². The lowest BCUT2D eigenvalue weighted by Crippen LogP contribution is -3.00. The fourth-order valence-electron chi connectivity index (χ4n) is 7.81. The quantitative estimate of drug-likeness (QED) is 0.0444. The second-order valence-corrected chi connectivity index (χ2v) is 15.7. The Hall–Kier alpha value is -6.82. The minimum atomic E-state index is -1.97. The molecular formula is C46H50ClN8O9-. The Morgan fingerprint density at radius 2 is 1.64 bits per heavy atom. The molecule has 0 aliphatic carbocycles. The van der Waals surface area contributed by atoms with Crippen LogP contribution in [0.2, 0.25) is 0 Å². The molecule has 0 saturated carbocycles. The maximum atomic E-state index is 13.9. The number of benzene rings is 3. The lowest BCUT2D eigenvalue weighted by molar-refractivity contribution is -0.175. The molecule has 4 heterocycles. The number of esters is 1. The number of carbonyl (C=O) groups excluding carboxylic acids is 5. The number of pyridine rings is 2. The molecule has 3 amide bonds. The van der Waals surface area contributed by atoms with Gasteiger partial charge in [0.1, 0.15) is 25.3 Å². The van der Waals surface area contributed by atoms with Crippen LogP contribution in [0.4, 0.5) is 16.2 Å². The number of anilines is 2. The number of halogens is 1. The summed E-state index contributed by atoms with van der Waals surface area (Å²) in [4.78, 5) is 85.3. The average Bonchev–Trinajstić information content (AvgIpc) is 3.64. The molecule has 2 aromatic heterocycles. The molecule has 0 fully saturated rings. The van der Waals surface area contributed by atoms with Crippen LogP contribution in [0.5, 0.6) is 0 Å². The summed E-state index contributed by atoms with van der Waals surface area (Å²) in [5, 5.41) is 9.08. The summed E-state index contributed by atoms with van der Waals surface area (Å²) >= 11 is 0. The first-order valence-electron chi connectivity index (χ1n) is 20.8. The number of nitrogens with zero attached hydrogens (tertiary/aromatic N) is 2. The number of hydrogen-bond donors (Lipinski definition) is 6. The van der Waals surface area contributed by atoms with Crippen molar-refractivity contribution in [2.45, 2.75) is 89.4 Å². The van der Waals surface area contributed by atoms with Gasteiger partial charge >= 0.3 is 12.1 Å². The van der Waals surface area contributed by atoms with Crippen molar-refractivity contribution in [3.05, 3.63) is 123 Å². The van der Waals surface area contributed by atoms with E-state index in [1.165, 1.54) is 6.92 Å². The molecule has 2 aliphatic rings. The number of hydrogen-bond acceptors (Lipinski definition) is 13. The Balaban J connectivity index is 0.00000680. The molecule has 9 N–H and O–H groups in total. The number of fused-ring (bicyclic) bond motifs is 5. The van der Waals surface area contributed by atoms with Gasteiger partial charge < -0.3 is 64.3 Å². The van der Waals surface area contributed by atoms with Crippen LogP contribution in [0.25, 0.3) is 22.3 Å². The van der Waals surface area contributed by atoms with Gasteiger partial charge in [-0.2, -0.15) is 0 Å². The maximum Gasteiger partial charge on any atom is 0.510 e. The number of nitrogens with one attached hydrogen (secondary N) is 3. The Bertz CT molecular complexity index is 2620. The highest BCUT2D eigenvalue weighted by Gasteiger charge is 2.51. The SMILES string of the molecule is CC[C@@]1(OC(=O)OCc2ccc(NC(=O)[C@H](CCCCN)NC(=O)[C@H](Cc3ccccc3)NC(=O)[C@@H](C)N)cc2)C(=O)OCc2c1cc1n(c2=O)Cc2cc3c(N)cccc3nc2-1.[Cl-]. The van der Waals surface area contributed by atoms with Gasteiger partial charge in [0.2, 0.25) is 23.3 Å². The van der Waals surface area contributed by atoms with Crippen LogP contribution in [-0.2, 0) is 65.2 Å². The van der Waals surface area contributed by atoms with Gasteiger partial charge in [-0.25, -0.2) is 14.6 Å². The number of nitrogen functional groups attached to an aromatic ring is 1. The van der Waals surface area contributed by atoms with E-state index in [1.54, 1.807) is 54.0 Å². The first kappa shape index (κ1) is 46.7. The third-order valence-corrected chi connectivity index (χ3v) is 11.3. The maximum absolute atomic E-state index is 13.9. The molecule has 0 saturated heterocycles. The molecule has 4 atom stereocenters. The van der Waals surface area contributed by atoms with E-state index in [0.29, 0.717) is 53.2 Å². The number of cyclic esters (lactones) is 1. The highest BCUT2D eigenvalue weighted by Crippen LogP contribution is 2.41. The van der Waals surface area contributed by atoms with E-state index >= 15 is 0 Å². The van der Waals surface area contributed by atoms with Gasteiger partial charge in [-0.15, -0.1) is 0 Å². The Labute approximate surface area is 374 Å². The fraction of sp³-hybridized carbons (Fsp3) is 0.326. The van der Waals surface area contributed by atoms with Crippen molar-refractivity contribution in [2.75, 3.05) is 17.6 Å². The highest BCUT2D eigenvalue weighted by atomic mass is 35.5. The van der Waals surface area contributed by atoms with Gasteiger partial charge in [-0.05, 0) is 86.7 Å². The highest BCUT2D eigenvalue weighted by molar-refractivity contribution is 5.99. The second kappa shape index (κ2) is 20.1. The van der Waals surface area contributed by atoms with E-state index in [9.17, 15) is 28.8 Å². The predicted molar refractivity (Wildman–Crippen MR) is 234 cm³/mol. The Kier molecular flexibility index (Phi) is 14.7. The summed E-state index contributed by atoms with van der Waals surface area (Å²) in [6, 6.07) is 21.7. The van der Waals surface area contributed by atoms with E-state index < -0.39 is 59.1 Å². The van der Waals surface area contributed by atoms with E-state index in [0.717, 1.165) is 16.5 Å². The van der Waals surface area contributed by atoms with E-state index in [2.05, 4.69) is 16.0 Å². The zero-order valence-corrected chi connectivity index (χ0v) is 36.1. The number of amides is 3. The largest absolute Gasteiger partial charge is 1.00 e. The molecule has 5 aromatic rings. The lowest BCUT2D eigenvalue weighted by Gasteiger charge is -2.35. The second-order valence-electron chi connectivity index (χ2n) is 15.7. The molecular weight excluding hydrogens is 844 g/mol. The molecule has 17 nitrogen and oxygen atoms in total. The van der Waals surface area contributed by atoms with Crippen molar-refractivity contribution in [3.63, 3.8) is 0 Å². The van der Waals surface area contributed by atoms with Gasteiger partial charge in [0, 0.05) is 34.3 Å². The van der Waals surface area contributed by atoms with E-state index in [1.807, 2.05) is 42.5 Å². The molecule has 0 radical (unpaired) electrons. The fourth-order valence-corrected chi connectivity index (χ4v) is 7.81. The van der Waals surface area contributed by atoms with Crippen LogP contribution in [0, 0.1) is 0 Å². The van der Waals surface area contributed by atoms with Crippen LogP contribution in [0.3, 0.4) is 0 Å². The summed E-state index contributed by atoms with van der Waals surface area (Å²) in [5.74, 6) is -2.38. The molecule has 64 heavy (non-hydrogen) atoms. The third-order valence-electron chi connectivity index (χ3n) is 11.3. The first-order valence-corrected chi connectivity index (χ1v) is 20.8. The van der Waals surface area contributed by atoms with Crippen molar-refractivity contribution >= 4 is 52.1 Å². The standard InChI is InChI=1S/C46H50N8O9.ClH/c1-3-46(33-22-38-39-29(21-31-34(49)12-9-14-35(31)51-39)23-54(38)43(58)32(33)25-61-44(46)59)63-45(60)62-24-28-15-17-30(18-16-28)50-41(56)36(13-7-8-19-47)52-42(57)37(53-40(55)26(2)48)20-27-10-5-4-6-11-27;/h4-6,9-12,14-18,21-22,26,36-37H,3,7-8,13,19-20,23-25,47-49H2,1-2H3,(H,50,56)(H,52,57)(H,53,55);1H/p-1/t26-,36+,37+,46+;/m1./s1. The minimum Gasteiger partial charge on any atom is -1.00 e. The van der Waals surface area contributed by atoms with Gasteiger partial charge in [0.25, 0.3) is 5.56 Å². The van der Waals surface area contributed by atoms with Crippen LogP contribution in [0.15, 0.2) is 89.7 Å². The number of rotatable bonds is 16. The number of carbonyl (C=O) groups is 5. The Morgan fingerprint density at radius 1 is 0.906 bits per heavy atom. The topological polar surface area (TPSA) is 262 Å². The molecule has 18 heteroatoms. The van der Waals surface area contributed by atoms with Crippen LogP contribution < -0.4 is 51.1 Å². The zero-order valence-electron chi connectivity index (χ0n) is 35.4. The smallest absolute Gasteiger partial charge is 0.510 e. The number of aromatic nitrogens is 2. The zero-order chi connectivity index (χ0) is 44.8. The van der Waals surface area contributed by atoms with Crippen molar-refractivity contribution in [1.29, 1.82) is 0 Å². The Morgan fingerprint density at radius 3 is 2.34 bits per heavy atom. The van der Waals surface area contributed by atoms with Crippen molar-refractivity contribution < 1.29 is 50.6 Å². The number of nitrogens with two attached hydrogens (primary N) is 3. The van der Waals surface area contributed by atoms with Gasteiger partial charge in [0.05, 0.1) is 35.1 Å². The minimum absolute atomic E-state index is 0. The normalized spacial score (nSPS) is 16.1. The molecule has 7 rings (SSSR count). The van der Waals surface area contributed by atoms with Crippen LogP contribution in [-0.4, -0.2) is 64.1 Å². The molecule has 336 valence electrons.